The maximum atomic E-state index is 5.70. The van der Waals surface area contributed by atoms with Crippen LogP contribution in [0.4, 0.5) is 0 Å². The Morgan fingerprint density at radius 1 is 1.70 bits per heavy atom. The van der Waals surface area contributed by atoms with E-state index in [0.29, 0.717) is 11.6 Å². The van der Waals surface area contributed by atoms with Crippen molar-refractivity contribution in [3.63, 3.8) is 0 Å². The van der Waals surface area contributed by atoms with E-state index in [1.54, 1.807) is 18.5 Å². The fraction of sp³-hybridized carbons (Fsp3) is 0.167. The molecule has 0 aliphatic rings. The number of halogens is 1. The maximum absolute atomic E-state index is 5.70. The Morgan fingerprint density at radius 2 is 2.50 bits per heavy atom. The fourth-order valence-electron chi connectivity index (χ4n) is 0.611. The zero-order valence-corrected chi connectivity index (χ0v) is 6.01. The Labute approximate surface area is 63.7 Å². The lowest BCUT2D eigenvalue weighted by molar-refractivity contribution is 0.124. The van der Waals surface area contributed by atoms with Gasteiger partial charge in [-0.15, -0.1) is 0 Å². The zero-order chi connectivity index (χ0) is 7.40. The summed E-state index contributed by atoms with van der Waals surface area (Å²) in [7, 11) is 0. The molecule has 3 nitrogen and oxygen atoms in total. The topological polar surface area (TPSA) is 48.1 Å². The highest BCUT2D eigenvalue weighted by Gasteiger charge is 1.96. The first-order valence-electron chi connectivity index (χ1n) is 2.74. The number of aromatic nitrogens is 1. The molecule has 1 heterocycles. The van der Waals surface area contributed by atoms with E-state index in [4.69, 9.17) is 17.5 Å². The molecule has 0 saturated carbocycles. The first-order valence-corrected chi connectivity index (χ1v) is 3.12. The number of rotatable bonds is 2. The molecule has 0 spiro atoms. The molecular formula is C6H7ClN2O. The van der Waals surface area contributed by atoms with Gasteiger partial charge >= 0.3 is 0 Å². The standard InChI is InChI=1S/C6H7ClN2O/c7-6-3-9-2-1-5(6)4-10-8/h1-3H,4,8H2. The van der Waals surface area contributed by atoms with Gasteiger partial charge in [-0.1, -0.05) is 11.6 Å². The summed E-state index contributed by atoms with van der Waals surface area (Å²) in [5.41, 5.74) is 0.846. The number of nitrogens with two attached hydrogens (primary N) is 1. The molecule has 1 aromatic heterocycles. The fourth-order valence-corrected chi connectivity index (χ4v) is 0.785. The molecule has 1 aromatic rings. The highest BCUT2D eigenvalue weighted by molar-refractivity contribution is 6.31. The van der Waals surface area contributed by atoms with Crippen molar-refractivity contribution in [3.8, 4) is 0 Å². The normalized spacial score (nSPS) is 9.80. The van der Waals surface area contributed by atoms with Crippen molar-refractivity contribution < 1.29 is 4.84 Å². The van der Waals surface area contributed by atoms with Gasteiger partial charge in [0, 0.05) is 18.0 Å². The van der Waals surface area contributed by atoms with Crippen molar-refractivity contribution in [2.75, 3.05) is 0 Å². The first kappa shape index (κ1) is 7.47. The third-order valence-corrected chi connectivity index (χ3v) is 1.44. The van der Waals surface area contributed by atoms with Crippen LogP contribution in [-0.2, 0) is 11.4 Å². The van der Waals surface area contributed by atoms with Gasteiger partial charge in [0.1, 0.15) is 0 Å². The van der Waals surface area contributed by atoms with Crippen LogP contribution in [0.2, 0.25) is 5.02 Å². The third-order valence-electron chi connectivity index (χ3n) is 1.10. The summed E-state index contributed by atoms with van der Waals surface area (Å²) in [6.07, 6.45) is 3.19. The van der Waals surface area contributed by atoms with Gasteiger partial charge in [-0.3, -0.25) is 9.82 Å². The molecule has 54 valence electrons. The van der Waals surface area contributed by atoms with Gasteiger partial charge in [-0.2, -0.15) is 0 Å². The van der Waals surface area contributed by atoms with E-state index in [1.807, 2.05) is 0 Å². The summed E-state index contributed by atoms with van der Waals surface area (Å²) in [6, 6.07) is 1.76. The van der Waals surface area contributed by atoms with E-state index in [1.165, 1.54) is 0 Å². The van der Waals surface area contributed by atoms with Gasteiger partial charge in [-0.25, -0.2) is 5.90 Å². The molecule has 0 amide bonds. The van der Waals surface area contributed by atoms with Crippen LogP contribution in [0.5, 0.6) is 0 Å². The zero-order valence-electron chi connectivity index (χ0n) is 5.25. The molecule has 2 N–H and O–H groups in total. The van der Waals surface area contributed by atoms with Gasteiger partial charge < -0.3 is 0 Å². The lowest BCUT2D eigenvalue weighted by Crippen LogP contribution is -1.99. The molecule has 0 radical (unpaired) electrons. The molecular weight excluding hydrogens is 152 g/mol. The lowest BCUT2D eigenvalue weighted by Gasteiger charge is -1.98. The van der Waals surface area contributed by atoms with E-state index < -0.39 is 0 Å². The van der Waals surface area contributed by atoms with Gasteiger partial charge in [-0.05, 0) is 6.07 Å². The summed E-state index contributed by atoms with van der Waals surface area (Å²) in [5, 5.41) is 0.577. The van der Waals surface area contributed by atoms with Gasteiger partial charge in [0.05, 0.1) is 11.6 Å². The second kappa shape index (κ2) is 3.51. The van der Waals surface area contributed by atoms with E-state index in [-0.39, 0.29) is 0 Å². The Bertz CT molecular complexity index is 217. The van der Waals surface area contributed by atoms with Gasteiger partial charge in [0.25, 0.3) is 0 Å². The minimum atomic E-state index is 0.321. The molecule has 1 rings (SSSR count). The van der Waals surface area contributed by atoms with Crippen molar-refractivity contribution in [3.05, 3.63) is 29.0 Å². The Morgan fingerprint density at radius 3 is 3.10 bits per heavy atom. The van der Waals surface area contributed by atoms with Crippen LogP contribution < -0.4 is 5.90 Å². The van der Waals surface area contributed by atoms with E-state index >= 15 is 0 Å². The number of hydrogen-bond donors (Lipinski definition) is 1. The Hall–Kier alpha value is -0.640. The Balaban J connectivity index is 2.81. The number of hydrogen-bond acceptors (Lipinski definition) is 3. The average Bonchev–Trinajstić information content (AvgIpc) is 1.94. The molecule has 0 aromatic carbocycles. The molecule has 4 heteroatoms. The van der Waals surface area contributed by atoms with Gasteiger partial charge in [0.2, 0.25) is 0 Å². The molecule has 0 atom stereocenters. The van der Waals surface area contributed by atoms with Crippen molar-refractivity contribution >= 4 is 11.6 Å². The van der Waals surface area contributed by atoms with E-state index in [0.717, 1.165) is 5.56 Å². The molecule has 0 saturated heterocycles. The van der Waals surface area contributed by atoms with Crippen molar-refractivity contribution in [2.24, 2.45) is 5.90 Å². The third kappa shape index (κ3) is 1.67. The Kier molecular flexibility index (Phi) is 2.62. The summed E-state index contributed by atoms with van der Waals surface area (Å²) < 4.78 is 0. The highest BCUT2D eigenvalue weighted by atomic mass is 35.5. The highest BCUT2D eigenvalue weighted by Crippen LogP contribution is 2.12. The van der Waals surface area contributed by atoms with Crippen molar-refractivity contribution in [1.82, 2.24) is 4.98 Å². The van der Waals surface area contributed by atoms with Crippen molar-refractivity contribution in [2.45, 2.75) is 6.61 Å². The van der Waals surface area contributed by atoms with Crippen LogP contribution in [-0.4, -0.2) is 4.98 Å². The summed E-state index contributed by atoms with van der Waals surface area (Å²) in [4.78, 5) is 8.20. The predicted molar refractivity (Wildman–Crippen MR) is 38.2 cm³/mol. The van der Waals surface area contributed by atoms with Crippen LogP contribution in [0.1, 0.15) is 5.56 Å². The second-order valence-corrected chi connectivity index (χ2v) is 2.19. The molecule has 10 heavy (non-hydrogen) atoms. The second-order valence-electron chi connectivity index (χ2n) is 1.78. The number of pyridine rings is 1. The van der Waals surface area contributed by atoms with Crippen LogP contribution in [0, 0.1) is 0 Å². The quantitative estimate of drug-likeness (QED) is 0.657. The summed E-state index contributed by atoms with van der Waals surface area (Å²) >= 11 is 5.70. The predicted octanol–water partition coefficient (Wildman–Crippen LogP) is 1.13. The lowest BCUT2D eigenvalue weighted by atomic mass is 10.3. The smallest absolute Gasteiger partial charge is 0.0945 e. The monoisotopic (exact) mass is 158 g/mol. The first-order chi connectivity index (χ1) is 4.84. The molecule has 0 unspecified atom stereocenters. The van der Waals surface area contributed by atoms with Gasteiger partial charge in [0.15, 0.2) is 0 Å². The van der Waals surface area contributed by atoms with E-state index in [2.05, 4.69) is 9.82 Å². The summed E-state index contributed by atoms with van der Waals surface area (Å²) in [5.74, 6) is 4.85. The summed E-state index contributed by atoms with van der Waals surface area (Å²) in [6.45, 7) is 0.321. The minimum absolute atomic E-state index is 0.321. The molecule has 0 aliphatic carbocycles. The van der Waals surface area contributed by atoms with Crippen LogP contribution in [0.3, 0.4) is 0 Å². The molecule has 0 aliphatic heterocycles. The van der Waals surface area contributed by atoms with Crippen LogP contribution >= 0.6 is 11.6 Å². The minimum Gasteiger partial charge on any atom is -0.300 e. The maximum Gasteiger partial charge on any atom is 0.0945 e. The SMILES string of the molecule is NOCc1ccncc1Cl. The average molecular weight is 159 g/mol. The number of nitrogens with zero attached hydrogens (tertiary/aromatic N) is 1. The molecule has 0 fully saturated rings. The molecule has 0 bridgehead atoms. The van der Waals surface area contributed by atoms with E-state index in [9.17, 15) is 0 Å². The van der Waals surface area contributed by atoms with Crippen molar-refractivity contribution in [1.29, 1.82) is 0 Å². The van der Waals surface area contributed by atoms with Crippen LogP contribution in [0.25, 0.3) is 0 Å². The largest absolute Gasteiger partial charge is 0.300 e. The van der Waals surface area contributed by atoms with Crippen LogP contribution in [0.15, 0.2) is 18.5 Å².